The summed E-state index contributed by atoms with van der Waals surface area (Å²) in [5.74, 6) is -6.00. The van der Waals surface area contributed by atoms with Gasteiger partial charge < -0.3 is 21.1 Å². The van der Waals surface area contributed by atoms with Crippen molar-refractivity contribution in [3.63, 3.8) is 0 Å². The van der Waals surface area contributed by atoms with Crippen molar-refractivity contribution >= 4 is 34.3 Å². The first-order valence-electron chi connectivity index (χ1n) is 4.71. The van der Waals surface area contributed by atoms with Crippen LogP contribution in [0.15, 0.2) is 16.6 Å². The summed E-state index contributed by atoms with van der Waals surface area (Å²) in [6.45, 7) is -1.52. The van der Waals surface area contributed by atoms with E-state index >= 15 is 0 Å². The second kappa shape index (κ2) is 6.47. The molecule has 1 rings (SSSR count). The predicted octanol–water partition coefficient (Wildman–Crippen LogP) is 1.90. The number of phenols is 1. The van der Waals surface area contributed by atoms with Gasteiger partial charge in [-0.05, 0) is 12.1 Å². The first-order valence-corrected chi connectivity index (χ1v) is 5.50. The Labute approximate surface area is 121 Å². The number of carbonyl (C=O) groups is 1. The van der Waals surface area contributed by atoms with Crippen LogP contribution in [0.3, 0.4) is 0 Å². The maximum atomic E-state index is 13.3. The SMILES string of the molecule is Cl.N[C@@H](c1c(Br)ccc(C(=O)O)c1O)C(F)(F)CO. The molecule has 1 aromatic carbocycles. The largest absolute Gasteiger partial charge is 0.507 e. The molecule has 108 valence electrons. The number of carboxylic acids is 1. The van der Waals surface area contributed by atoms with E-state index in [1.807, 2.05) is 0 Å². The van der Waals surface area contributed by atoms with Crippen LogP contribution in [0.1, 0.15) is 22.0 Å². The van der Waals surface area contributed by atoms with Crippen LogP contribution in [0, 0.1) is 0 Å². The summed E-state index contributed by atoms with van der Waals surface area (Å²) in [5, 5.41) is 27.0. The van der Waals surface area contributed by atoms with Crippen LogP contribution >= 0.6 is 28.3 Å². The van der Waals surface area contributed by atoms with Crippen molar-refractivity contribution in [1.29, 1.82) is 0 Å². The first kappa shape index (κ1) is 18.0. The number of benzene rings is 1. The third kappa shape index (κ3) is 3.53. The highest BCUT2D eigenvalue weighted by Gasteiger charge is 2.40. The number of aliphatic hydroxyl groups excluding tert-OH is 1. The topological polar surface area (TPSA) is 104 Å². The standard InChI is InChI=1S/C10H10BrF2NO4.ClH/c11-5-2-1-4(9(17)18)7(16)6(5)8(14)10(12,13)3-15;/h1-2,8,15-16H,3,14H2,(H,17,18);1H/t8-;/m0./s1. The molecule has 0 unspecified atom stereocenters. The number of nitrogens with two attached hydrogens (primary N) is 1. The molecule has 5 nitrogen and oxygen atoms in total. The fourth-order valence-electron chi connectivity index (χ4n) is 1.36. The maximum absolute atomic E-state index is 13.3. The van der Waals surface area contributed by atoms with Crippen molar-refractivity contribution in [3.05, 3.63) is 27.7 Å². The molecule has 0 aromatic heterocycles. The normalized spacial score (nSPS) is 12.7. The van der Waals surface area contributed by atoms with E-state index in [0.717, 1.165) is 6.07 Å². The van der Waals surface area contributed by atoms with E-state index in [1.54, 1.807) is 0 Å². The molecule has 0 aliphatic rings. The van der Waals surface area contributed by atoms with Crippen molar-refractivity contribution in [2.45, 2.75) is 12.0 Å². The molecule has 0 amide bonds. The lowest BCUT2D eigenvalue weighted by atomic mass is 9.98. The second-order valence-corrected chi connectivity index (χ2v) is 4.41. The molecule has 0 heterocycles. The molecule has 0 fully saturated rings. The number of aromatic hydroxyl groups is 1. The third-order valence-electron chi connectivity index (χ3n) is 2.37. The molecule has 5 N–H and O–H groups in total. The fraction of sp³-hybridized carbons (Fsp3) is 0.300. The van der Waals surface area contributed by atoms with Crippen LogP contribution in [0.2, 0.25) is 0 Å². The average molecular weight is 363 g/mol. The zero-order valence-electron chi connectivity index (χ0n) is 9.31. The highest BCUT2D eigenvalue weighted by atomic mass is 79.9. The molecule has 9 heteroatoms. The number of halogens is 4. The minimum absolute atomic E-state index is 0. The summed E-state index contributed by atoms with van der Waals surface area (Å²) >= 11 is 2.90. The fourth-order valence-corrected chi connectivity index (χ4v) is 1.93. The van der Waals surface area contributed by atoms with Gasteiger partial charge in [0, 0.05) is 10.0 Å². The molecule has 0 aliphatic heterocycles. The van der Waals surface area contributed by atoms with Crippen LogP contribution in [0.5, 0.6) is 5.75 Å². The molecule has 0 saturated heterocycles. The van der Waals surface area contributed by atoms with Gasteiger partial charge in [-0.25, -0.2) is 13.6 Å². The van der Waals surface area contributed by atoms with E-state index in [-0.39, 0.29) is 16.9 Å². The van der Waals surface area contributed by atoms with E-state index in [9.17, 15) is 18.7 Å². The Morgan fingerprint density at radius 1 is 1.47 bits per heavy atom. The van der Waals surface area contributed by atoms with E-state index in [1.165, 1.54) is 6.07 Å². The van der Waals surface area contributed by atoms with E-state index in [2.05, 4.69) is 15.9 Å². The summed E-state index contributed by atoms with van der Waals surface area (Å²) in [6, 6.07) is 0.206. The lowest BCUT2D eigenvalue weighted by molar-refractivity contribution is -0.0717. The minimum atomic E-state index is -3.68. The van der Waals surface area contributed by atoms with Crippen LogP contribution < -0.4 is 5.73 Å². The van der Waals surface area contributed by atoms with Gasteiger partial charge in [0.15, 0.2) is 0 Å². The third-order valence-corrected chi connectivity index (χ3v) is 3.06. The van der Waals surface area contributed by atoms with Crippen molar-refractivity contribution in [1.82, 2.24) is 0 Å². The van der Waals surface area contributed by atoms with Crippen LogP contribution in [-0.4, -0.2) is 33.8 Å². The number of alkyl halides is 2. The number of aromatic carboxylic acids is 1. The zero-order chi connectivity index (χ0) is 14.1. The molecule has 0 saturated carbocycles. The number of carboxylic acid groups (broad SMARTS) is 1. The maximum Gasteiger partial charge on any atom is 0.339 e. The monoisotopic (exact) mass is 361 g/mol. The Morgan fingerprint density at radius 2 is 2.00 bits per heavy atom. The van der Waals surface area contributed by atoms with Gasteiger partial charge in [-0.2, -0.15) is 0 Å². The van der Waals surface area contributed by atoms with Gasteiger partial charge in [-0.3, -0.25) is 0 Å². The van der Waals surface area contributed by atoms with Gasteiger partial charge >= 0.3 is 5.97 Å². The molecule has 0 spiro atoms. The van der Waals surface area contributed by atoms with Gasteiger partial charge in [0.25, 0.3) is 5.92 Å². The lowest BCUT2D eigenvalue weighted by Gasteiger charge is -2.23. The predicted molar refractivity (Wildman–Crippen MR) is 69.0 cm³/mol. The summed E-state index contributed by atoms with van der Waals surface area (Å²) in [5.41, 5.74) is 4.25. The summed E-state index contributed by atoms with van der Waals surface area (Å²) in [4.78, 5) is 10.8. The minimum Gasteiger partial charge on any atom is -0.507 e. The molecule has 0 bridgehead atoms. The van der Waals surface area contributed by atoms with Gasteiger partial charge in [0.1, 0.15) is 24.0 Å². The molecular weight excluding hydrogens is 351 g/mol. The van der Waals surface area contributed by atoms with Crippen LogP contribution in [0.4, 0.5) is 8.78 Å². The highest BCUT2D eigenvalue weighted by Crippen LogP contribution is 2.39. The van der Waals surface area contributed by atoms with E-state index < -0.39 is 41.4 Å². The van der Waals surface area contributed by atoms with Crippen LogP contribution in [-0.2, 0) is 0 Å². The molecule has 0 radical (unpaired) electrons. The highest BCUT2D eigenvalue weighted by molar-refractivity contribution is 9.10. The lowest BCUT2D eigenvalue weighted by Crippen LogP contribution is -2.36. The quantitative estimate of drug-likeness (QED) is 0.655. The molecule has 0 aliphatic carbocycles. The van der Waals surface area contributed by atoms with Gasteiger partial charge in [-0.15, -0.1) is 12.4 Å². The van der Waals surface area contributed by atoms with Gasteiger partial charge in [-0.1, -0.05) is 15.9 Å². The number of rotatable bonds is 4. The summed E-state index contributed by atoms with van der Waals surface area (Å²) in [7, 11) is 0. The average Bonchev–Trinajstić information content (AvgIpc) is 2.28. The molecule has 1 atom stereocenters. The van der Waals surface area contributed by atoms with Crippen molar-refractivity contribution in [2.75, 3.05) is 6.61 Å². The Morgan fingerprint density at radius 3 is 2.42 bits per heavy atom. The Hall–Kier alpha value is -0.960. The molecule has 19 heavy (non-hydrogen) atoms. The Balaban J connectivity index is 0.00000324. The van der Waals surface area contributed by atoms with E-state index in [4.69, 9.17) is 15.9 Å². The van der Waals surface area contributed by atoms with Gasteiger partial charge in [0.05, 0.1) is 0 Å². The number of aliphatic hydroxyl groups is 1. The van der Waals surface area contributed by atoms with Crippen molar-refractivity contribution in [3.8, 4) is 5.75 Å². The first-order chi connectivity index (χ1) is 8.22. The number of hydrogen-bond donors (Lipinski definition) is 4. The molecule has 1 aromatic rings. The zero-order valence-corrected chi connectivity index (χ0v) is 11.7. The summed E-state index contributed by atoms with van der Waals surface area (Å²) < 4.78 is 26.6. The second-order valence-electron chi connectivity index (χ2n) is 3.56. The number of hydrogen-bond acceptors (Lipinski definition) is 4. The summed E-state index contributed by atoms with van der Waals surface area (Å²) in [6.07, 6.45) is 0. The van der Waals surface area contributed by atoms with Gasteiger partial charge in [0.2, 0.25) is 0 Å². The van der Waals surface area contributed by atoms with Crippen molar-refractivity contribution in [2.24, 2.45) is 5.73 Å². The van der Waals surface area contributed by atoms with E-state index in [0.29, 0.717) is 0 Å². The van der Waals surface area contributed by atoms with Crippen LogP contribution in [0.25, 0.3) is 0 Å². The molecular formula is C10H11BrClF2NO4. The Bertz CT molecular complexity index is 487. The van der Waals surface area contributed by atoms with Crippen molar-refractivity contribution < 1.29 is 28.9 Å². The smallest absolute Gasteiger partial charge is 0.339 e. The Kier molecular flexibility index (Phi) is 6.14.